The van der Waals surface area contributed by atoms with Gasteiger partial charge in [-0.25, -0.2) is 0 Å². The minimum Gasteiger partial charge on any atom is -0.103 e. The molecule has 0 aromatic heterocycles. The lowest BCUT2D eigenvalue weighted by Crippen LogP contribution is -1.93. The second-order valence-electron chi connectivity index (χ2n) is 7.02. The zero-order valence-corrected chi connectivity index (χ0v) is 19.6. The van der Waals surface area contributed by atoms with Gasteiger partial charge in [0.25, 0.3) is 0 Å². The summed E-state index contributed by atoms with van der Waals surface area (Å²) in [4.78, 5) is 0. The molecule has 0 heteroatoms. The van der Waals surface area contributed by atoms with E-state index in [-0.39, 0.29) is 0 Å². The molecule has 0 aliphatic rings. The molecular formula is C28H42. The number of hydrogen-bond acceptors (Lipinski definition) is 0. The van der Waals surface area contributed by atoms with Crippen molar-refractivity contribution >= 4 is 11.1 Å². The minimum absolute atomic E-state index is 0.833. The fourth-order valence-electron chi connectivity index (χ4n) is 2.15. The monoisotopic (exact) mass is 378 g/mol. The van der Waals surface area contributed by atoms with Crippen LogP contribution in [0.5, 0.6) is 0 Å². The highest BCUT2D eigenvalue weighted by atomic mass is 14.1. The zero-order chi connectivity index (χ0) is 22.1. The Morgan fingerprint density at radius 3 is 1.25 bits per heavy atom. The molecule has 0 unspecified atom stereocenters. The first kappa shape index (κ1) is 27.9. The molecule has 0 heterocycles. The molecule has 28 heavy (non-hydrogen) atoms. The highest BCUT2D eigenvalue weighted by Crippen LogP contribution is 2.31. The summed E-state index contributed by atoms with van der Waals surface area (Å²) in [6.07, 6.45) is 2.96. The lowest BCUT2D eigenvalue weighted by Gasteiger charge is -2.14. The van der Waals surface area contributed by atoms with Gasteiger partial charge in [-0.1, -0.05) is 109 Å². The van der Waals surface area contributed by atoms with Crippen molar-refractivity contribution in [3.63, 3.8) is 0 Å². The van der Waals surface area contributed by atoms with Crippen LogP contribution in [0.3, 0.4) is 0 Å². The van der Waals surface area contributed by atoms with Gasteiger partial charge >= 0.3 is 0 Å². The molecule has 2 rings (SSSR count). The molecule has 154 valence electrons. The molecule has 0 N–H and O–H groups in total. The Morgan fingerprint density at radius 1 is 0.786 bits per heavy atom. The van der Waals surface area contributed by atoms with E-state index in [4.69, 9.17) is 0 Å². The van der Waals surface area contributed by atoms with E-state index in [1.54, 1.807) is 0 Å². The number of hydrogen-bond donors (Lipinski definition) is 0. The van der Waals surface area contributed by atoms with Crippen LogP contribution in [0.2, 0.25) is 0 Å². The fraction of sp³-hybridized carbons (Fsp3) is 0.357. The van der Waals surface area contributed by atoms with Gasteiger partial charge < -0.3 is 0 Å². The van der Waals surface area contributed by atoms with Crippen molar-refractivity contribution in [3.8, 4) is 0 Å². The maximum absolute atomic E-state index is 4.20. The molecular weight excluding hydrogens is 336 g/mol. The number of allylic oxidation sites excluding steroid dienone is 3. The lowest BCUT2D eigenvalue weighted by atomic mass is 9.90. The summed E-state index contributed by atoms with van der Waals surface area (Å²) in [5, 5.41) is 0. The number of aryl methyl sites for hydroxylation is 2. The summed E-state index contributed by atoms with van der Waals surface area (Å²) in [7, 11) is 0. The van der Waals surface area contributed by atoms with Crippen molar-refractivity contribution in [1.82, 2.24) is 0 Å². The van der Waals surface area contributed by atoms with E-state index in [0.717, 1.165) is 23.5 Å². The Balaban J connectivity index is 0. The first-order chi connectivity index (χ1) is 13.3. The van der Waals surface area contributed by atoms with Gasteiger partial charge in [-0.3, -0.25) is 0 Å². The van der Waals surface area contributed by atoms with Crippen molar-refractivity contribution in [3.05, 3.63) is 96.6 Å². The number of benzene rings is 2. The van der Waals surface area contributed by atoms with E-state index in [0.29, 0.717) is 0 Å². The molecule has 0 amide bonds. The molecule has 2 aromatic carbocycles. The molecule has 0 radical (unpaired) electrons. The van der Waals surface area contributed by atoms with Crippen LogP contribution >= 0.6 is 0 Å². The van der Waals surface area contributed by atoms with E-state index < -0.39 is 0 Å². The second-order valence-corrected chi connectivity index (χ2v) is 7.02. The first-order valence-corrected chi connectivity index (χ1v) is 10.4. The Labute approximate surface area is 175 Å². The van der Waals surface area contributed by atoms with E-state index in [2.05, 4.69) is 85.5 Å². The third-order valence-corrected chi connectivity index (χ3v) is 3.59. The molecule has 0 aliphatic heterocycles. The summed E-state index contributed by atoms with van der Waals surface area (Å²) in [6.45, 7) is 28.7. The van der Waals surface area contributed by atoms with Gasteiger partial charge in [-0.05, 0) is 59.6 Å². The van der Waals surface area contributed by atoms with Crippen molar-refractivity contribution in [2.45, 2.75) is 61.8 Å². The number of rotatable bonds is 4. The van der Waals surface area contributed by atoms with E-state index >= 15 is 0 Å². The summed E-state index contributed by atoms with van der Waals surface area (Å²) >= 11 is 0. The molecule has 0 nitrogen and oxygen atoms in total. The van der Waals surface area contributed by atoms with Gasteiger partial charge in [0.05, 0.1) is 0 Å². The average molecular weight is 379 g/mol. The van der Waals surface area contributed by atoms with Crippen LogP contribution in [0.25, 0.3) is 11.1 Å². The Hall–Kier alpha value is -2.34. The maximum Gasteiger partial charge on any atom is -0.0155 e. The standard InChI is InChI=1S/C18H18.C4H10.C4H8.C2H6/c1-13-9-5-7-11-17(13)15(3)16(4)18-12-8-6-10-14(18)2;1-4(2)3;1-3-4-2;1-2/h5-12H,3-4H2,1-2H3;4H,1-3H3;3H,1,4H2,2H3;1-2H3. The van der Waals surface area contributed by atoms with Gasteiger partial charge in [0.15, 0.2) is 0 Å². The van der Waals surface area contributed by atoms with Crippen LogP contribution in [-0.4, -0.2) is 0 Å². The van der Waals surface area contributed by atoms with Crippen molar-refractivity contribution in [2.75, 3.05) is 0 Å². The molecule has 0 aliphatic carbocycles. The van der Waals surface area contributed by atoms with Crippen LogP contribution in [0.1, 0.15) is 70.2 Å². The predicted octanol–water partition coefficient (Wildman–Crippen LogP) is 9.30. The van der Waals surface area contributed by atoms with Gasteiger partial charge in [0, 0.05) is 0 Å². The maximum atomic E-state index is 4.20. The highest BCUT2D eigenvalue weighted by Gasteiger charge is 2.09. The molecule has 0 bridgehead atoms. The van der Waals surface area contributed by atoms with Gasteiger partial charge in [0.2, 0.25) is 0 Å². The second kappa shape index (κ2) is 16.8. The van der Waals surface area contributed by atoms with Crippen LogP contribution in [0.15, 0.2) is 74.3 Å². The van der Waals surface area contributed by atoms with Gasteiger partial charge in [0.1, 0.15) is 0 Å². The third kappa shape index (κ3) is 11.4. The quantitative estimate of drug-likeness (QED) is 0.367. The Morgan fingerprint density at radius 2 is 1.04 bits per heavy atom. The molecule has 0 spiro atoms. The van der Waals surface area contributed by atoms with Crippen molar-refractivity contribution in [1.29, 1.82) is 0 Å². The van der Waals surface area contributed by atoms with Crippen molar-refractivity contribution < 1.29 is 0 Å². The lowest BCUT2D eigenvalue weighted by molar-refractivity contribution is 0.737. The first-order valence-electron chi connectivity index (χ1n) is 10.4. The predicted molar refractivity (Wildman–Crippen MR) is 133 cm³/mol. The molecule has 2 aromatic rings. The Bertz CT molecular complexity index is 643. The molecule has 0 saturated heterocycles. The molecule has 0 atom stereocenters. The SMILES string of the molecule is C=C(C(=C)c1ccccc1C)c1ccccc1C.C=CCC.CC.CC(C)C. The smallest absolute Gasteiger partial charge is 0.0155 e. The molecule has 0 fully saturated rings. The highest BCUT2D eigenvalue weighted by molar-refractivity contribution is 6.04. The summed E-state index contributed by atoms with van der Waals surface area (Å²) in [5.74, 6) is 0.833. The summed E-state index contributed by atoms with van der Waals surface area (Å²) in [5.41, 5.74) is 6.82. The minimum atomic E-state index is 0.833. The normalized spacial score (nSPS) is 8.89. The van der Waals surface area contributed by atoms with Gasteiger partial charge in [-0.2, -0.15) is 0 Å². The Kier molecular flexibility index (Phi) is 16.7. The van der Waals surface area contributed by atoms with Crippen LogP contribution < -0.4 is 0 Å². The average Bonchev–Trinajstić information content (AvgIpc) is 2.69. The summed E-state index contributed by atoms with van der Waals surface area (Å²) in [6, 6.07) is 16.6. The van der Waals surface area contributed by atoms with E-state index in [1.165, 1.54) is 22.3 Å². The molecule has 0 saturated carbocycles. The third-order valence-electron chi connectivity index (χ3n) is 3.59. The van der Waals surface area contributed by atoms with Crippen LogP contribution in [-0.2, 0) is 0 Å². The van der Waals surface area contributed by atoms with E-state index in [9.17, 15) is 0 Å². The van der Waals surface area contributed by atoms with E-state index in [1.807, 2.05) is 44.2 Å². The zero-order valence-electron chi connectivity index (χ0n) is 19.6. The fourth-order valence-corrected chi connectivity index (χ4v) is 2.15. The summed E-state index contributed by atoms with van der Waals surface area (Å²) < 4.78 is 0. The largest absolute Gasteiger partial charge is 0.103 e. The van der Waals surface area contributed by atoms with Crippen molar-refractivity contribution in [2.24, 2.45) is 5.92 Å². The van der Waals surface area contributed by atoms with Crippen LogP contribution in [0, 0.1) is 19.8 Å². The topological polar surface area (TPSA) is 0 Å². The van der Waals surface area contributed by atoms with Gasteiger partial charge in [-0.15, -0.1) is 6.58 Å². The van der Waals surface area contributed by atoms with Crippen LogP contribution in [0.4, 0.5) is 0 Å².